The minimum Gasteiger partial charge on any atom is -0.378 e. The molecule has 0 spiro atoms. The SMILES string of the molecule is C[NH+](CC(=O)Nc1cccc(F)c1)CC(=O)Nc1ccccc1N1CCOCC1. The van der Waals surface area contributed by atoms with Crippen LogP contribution in [0.15, 0.2) is 48.5 Å². The first-order valence-electron chi connectivity index (χ1n) is 9.59. The molecule has 0 aromatic heterocycles. The van der Waals surface area contributed by atoms with Crippen LogP contribution < -0.4 is 20.4 Å². The Kier molecular flexibility index (Phi) is 7.15. The van der Waals surface area contributed by atoms with Crippen molar-refractivity contribution in [2.75, 3.05) is 62.0 Å². The number of carbonyl (C=O) groups is 2. The Bertz CT molecular complexity index is 855. The Labute approximate surface area is 169 Å². The molecular weight excluding hydrogens is 375 g/mol. The molecule has 154 valence electrons. The van der Waals surface area contributed by atoms with E-state index in [2.05, 4.69) is 15.5 Å². The number of halogens is 1. The predicted octanol–water partition coefficient (Wildman–Crippen LogP) is 0.754. The third-order valence-corrected chi connectivity index (χ3v) is 4.56. The van der Waals surface area contributed by atoms with Crippen molar-refractivity contribution >= 4 is 28.9 Å². The summed E-state index contributed by atoms with van der Waals surface area (Å²) in [7, 11) is 1.76. The highest BCUT2D eigenvalue weighted by Crippen LogP contribution is 2.26. The first-order valence-corrected chi connectivity index (χ1v) is 9.59. The van der Waals surface area contributed by atoms with Crippen molar-refractivity contribution < 1.29 is 23.6 Å². The average Bonchev–Trinajstić information content (AvgIpc) is 2.68. The maximum absolute atomic E-state index is 13.2. The molecule has 8 heteroatoms. The van der Waals surface area contributed by atoms with Gasteiger partial charge in [-0.1, -0.05) is 18.2 Å². The van der Waals surface area contributed by atoms with Gasteiger partial charge in [0.1, 0.15) is 5.82 Å². The van der Waals surface area contributed by atoms with Gasteiger partial charge in [0, 0.05) is 18.8 Å². The minimum absolute atomic E-state index is 0.0923. The maximum Gasteiger partial charge on any atom is 0.279 e. The van der Waals surface area contributed by atoms with Crippen molar-refractivity contribution in [3.63, 3.8) is 0 Å². The van der Waals surface area contributed by atoms with E-state index in [0.29, 0.717) is 18.9 Å². The molecule has 0 saturated carbocycles. The molecule has 2 amide bonds. The zero-order valence-electron chi connectivity index (χ0n) is 16.4. The number of quaternary nitrogens is 1. The molecular formula is C21H26FN4O3+. The second kappa shape index (κ2) is 9.99. The lowest BCUT2D eigenvalue weighted by Crippen LogP contribution is -3.11. The second-order valence-corrected chi connectivity index (χ2v) is 7.03. The highest BCUT2D eigenvalue weighted by Gasteiger charge is 2.18. The normalized spacial score (nSPS) is 14.9. The molecule has 1 fully saturated rings. The number of likely N-dealkylation sites (N-methyl/N-ethyl adjacent to an activating group) is 1. The summed E-state index contributed by atoms with van der Waals surface area (Å²) in [6.07, 6.45) is 0. The van der Waals surface area contributed by atoms with E-state index < -0.39 is 5.82 Å². The first kappa shape index (κ1) is 20.8. The standard InChI is InChI=1S/C21H25FN4O3/c1-25(14-20(27)23-17-6-4-5-16(22)13-17)15-21(28)24-18-7-2-3-8-19(18)26-9-11-29-12-10-26/h2-8,13H,9-12,14-15H2,1H3,(H,23,27)(H,24,28)/p+1. The van der Waals surface area contributed by atoms with Crippen LogP contribution in [-0.2, 0) is 14.3 Å². The summed E-state index contributed by atoms with van der Waals surface area (Å²) >= 11 is 0. The van der Waals surface area contributed by atoms with Gasteiger partial charge in [-0.2, -0.15) is 0 Å². The van der Waals surface area contributed by atoms with Crippen LogP contribution in [-0.4, -0.2) is 58.3 Å². The molecule has 3 rings (SSSR count). The molecule has 1 aliphatic heterocycles. The van der Waals surface area contributed by atoms with Gasteiger partial charge in [-0.25, -0.2) is 4.39 Å². The van der Waals surface area contributed by atoms with Crippen molar-refractivity contribution in [2.24, 2.45) is 0 Å². The third-order valence-electron chi connectivity index (χ3n) is 4.56. The molecule has 3 N–H and O–H groups in total. The smallest absolute Gasteiger partial charge is 0.279 e. The van der Waals surface area contributed by atoms with Crippen LogP contribution >= 0.6 is 0 Å². The summed E-state index contributed by atoms with van der Waals surface area (Å²) in [5, 5.41) is 5.58. The quantitative estimate of drug-likeness (QED) is 0.640. The molecule has 1 saturated heterocycles. The zero-order chi connectivity index (χ0) is 20.6. The van der Waals surface area contributed by atoms with Gasteiger partial charge >= 0.3 is 0 Å². The van der Waals surface area contributed by atoms with Crippen molar-refractivity contribution in [3.05, 3.63) is 54.3 Å². The number of anilines is 3. The van der Waals surface area contributed by atoms with Gasteiger partial charge in [-0.3, -0.25) is 9.59 Å². The zero-order valence-corrected chi connectivity index (χ0v) is 16.4. The molecule has 7 nitrogen and oxygen atoms in total. The number of ether oxygens (including phenoxy) is 1. The molecule has 1 heterocycles. The number of nitrogens with zero attached hydrogens (tertiary/aromatic N) is 1. The number of amides is 2. The number of hydrogen-bond donors (Lipinski definition) is 3. The van der Waals surface area contributed by atoms with Gasteiger partial charge in [0.15, 0.2) is 13.1 Å². The summed E-state index contributed by atoms with van der Waals surface area (Å²) in [5.74, 6) is -0.877. The largest absolute Gasteiger partial charge is 0.378 e. The lowest BCUT2D eigenvalue weighted by Gasteiger charge is -2.30. The Balaban J connectivity index is 1.52. The maximum atomic E-state index is 13.2. The Morgan fingerprint density at radius 3 is 2.45 bits per heavy atom. The molecule has 1 aliphatic rings. The molecule has 0 bridgehead atoms. The van der Waals surface area contributed by atoms with Gasteiger partial charge in [-0.05, 0) is 30.3 Å². The Hall–Kier alpha value is -2.97. The van der Waals surface area contributed by atoms with E-state index in [9.17, 15) is 14.0 Å². The third kappa shape index (κ3) is 6.27. The fraction of sp³-hybridized carbons (Fsp3) is 0.333. The second-order valence-electron chi connectivity index (χ2n) is 7.03. The summed E-state index contributed by atoms with van der Waals surface area (Å²) in [4.78, 5) is 27.5. The van der Waals surface area contributed by atoms with E-state index in [0.717, 1.165) is 29.4 Å². The molecule has 2 aromatic carbocycles. The van der Waals surface area contributed by atoms with E-state index in [1.54, 1.807) is 13.1 Å². The van der Waals surface area contributed by atoms with Crippen LogP contribution in [0.2, 0.25) is 0 Å². The van der Waals surface area contributed by atoms with Crippen molar-refractivity contribution in [1.29, 1.82) is 0 Å². The van der Waals surface area contributed by atoms with Gasteiger partial charge < -0.3 is 25.2 Å². The molecule has 0 radical (unpaired) electrons. The van der Waals surface area contributed by atoms with Gasteiger partial charge in [0.05, 0.1) is 31.6 Å². The van der Waals surface area contributed by atoms with Crippen molar-refractivity contribution in [3.8, 4) is 0 Å². The minimum atomic E-state index is -0.415. The Morgan fingerprint density at radius 2 is 1.72 bits per heavy atom. The molecule has 1 atom stereocenters. The highest BCUT2D eigenvalue weighted by atomic mass is 19.1. The van der Waals surface area contributed by atoms with Crippen LogP contribution in [0.5, 0.6) is 0 Å². The lowest BCUT2D eigenvalue weighted by molar-refractivity contribution is -0.862. The monoisotopic (exact) mass is 401 g/mol. The number of carbonyl (C=O) groups excluding carboxylic acids is 2. The molecule has 1 unspecified atom stereocenters. The van der Waals surface area contributed by atoms with Gasteiger partial charge in [0.25, 0.3) is 11.8 Å². The number of para-hydroxylation sites is 2. The van der Waals surface area contributed by atoms with Crippen molar-refractivity contribution in [2.45, 2.75) is 0 Å². The number of hydrogen-bond acceptors (Lipinski definition) is 4. The van der Waals surface area contributed by atoms with Crippen LogP contribution in [0, 0.1) is 5.82 Å². The number of nitrogens with one attached hydrogen (secondary N) is 3. The summed E-state index contributed by atoms with van der Waals surface area (Å²) in [5.41, 5.74) is 2.11. The van der Waals surface area contributed by atoms with E-state index in [1.807, 2.05) is 24.3 Å². The number of morpholine rings is 1. The summed E-state index contributed by atoms with van der Waals surface area (Å²) < 4.78 is 18.6. The molecule has 29 heavy (non-hydrogen) atoms. The van der Waals surface area contributed by atoms with Crippen LogP contribution in [0.4, 0.5) is 21.5 Å². The van der Waals surface area contributed by atoms with E-state index >= 15 is 0 Å². The number of benzene rings is 2. The topological polar surface area (TPSA) is 75.1 Å². The lowest BCUT2D eigenvalue weighted by atomic mass is 10.2. The fourth-order valence-electron chi connectivity index (χ4n) is 3.24. The summed E-state index contributed by atoms with van der Waals surface area (Å²) in [6.45, 7) is 3.10. The van der Waals surface area contributed by atoms with Crippen LogP contribution in [0.25, 0.3) is 0 Å². The highest BCUT2D eigenvalue weighted by molar-refractivity contribution is 5.95. The van der Waals surface area contributed by atoms with Gasteiger partial charge in [-0.15, -0.1) is 0 Å². The average molecular weight is 401 g/mol. The predicted molar refractivity (Wildman–Crippen MR) is 110 cm³/mol. The fourth-order valence-corrected chi connectivity index (χ4v) is 3.24. The van der Waals surface area contributed by atoms with E-state index in [-0.39, 0.29) is 24.9 Å². The molecule has 0 aliphatic carbocycles. The summed E-state index contributed by atoms with van der Waals surface area (Å²) in [6, 6.07) is 13.4. The van der Waals surface area contributed by atoms with E-state index in [4.69, 9.17) is 4.74 Å². The van der Waals surface area contributed by atoms with Crippen LogP contribution in [0.1, 0.15) is 0 Å². The number of rotatable bonds is 7. The van der Waals surface area contributed by atoms with E-state index in [1.165, 1.54) is 18.2 Å². The first-order chi connectivity index (χ1) is 14.0. The van der Waals surface area contributed by atoms with Gasteiger partial charge in [0.2, 0.25) is 0 Å². The van der Waals surface area contributed by atoms with Crippen LogP contribution in [0.3, 0.4) is 0 Å². The Morgan fingerprint density at radius 1 is 1.03 bits per heavy atom. The van der Waals surface area contributed by atoms with Crippen molar-refractivity contribution in [1.82, 2.24) is 0 Å². The molecule has 2 aromatic rings.